The number of rotatable bonds is 4. The van der Waals surface area contributed by atoms with Crippen molar-refractivity contribution in [2.24, 2.45) is 5.92 Å². The van der Waals surface area contributed by atoms with Crippen LogP contribution in [-0.2, 0) is 19.6 Å². The van der Waals surface area contributed by atoms with Crippen LogP contribution in [0.15, 0.2) is 70.5 Å². The topological polar surface area (TPSA) is 71.5 Å². The summed E-state index contributed by atoms with van der Waals surface area (Å²) in [7, 11) is -3.92. The van der Waals surface area contributed by atoms with Crippen molar-refractivity contribution in [3.63, 3.8) is 0 Å². The predicted octanol–water partition coefficient (Wildman–Crippen LogP) is 3.51. The van der Waals surface area contributed by atoms with Gasteiger partial charge in [0.1, 0.15) is 10.5 Å². The van der Waals surface area contributed by atoms with E-state index < -0.39 is 20.7 Å². The molecule has 4 rings (SSSR count). The standard InChI is InChI=1S/C21H21NO4S2/c23-17-11-13-21(27-18-7-3-1-4-8-18)16(15-17)12-14-22(20(21)24)28(25,26)19-9-5-2-6-10-19/h1-10,16H,11-15H2/t16-,21-/m0/s1. The highest BCUT2D eigenvalue weighted by molar-refractivity contribution is 8.01. The SMILES string of the molecule is O=C1CC[C@@]2(Sc3ccccc3)C(=O)N(S(=O)(=O)c3ccccc3)CC[C@H]2C1. The van der Waals surface area contributed by atoms with Gasteiger partial charge in [0.25, 0.3) is 15.9 Å². The Kier molecular flexibility index (Phi) is 5.05. The smallest absolute Gasteiger partial charge is 0.266 e. The second-order valence-corrected chi connectivity index (χ2v) is 10.5. The normalized spacial score (nSPS) is 25.4. The van der Waals surface area contributed by atoms with E-state index in [0.717, 1.165) is 9.20 Å². The Labute approximate surface area is 169 Å². The lowest BCUT2D eigenvalue weighted by atomic mass is 9.73. The number of nitrogens with zero attached hydrogens (tertiary/aromatic N) is 1. The molecule has 1 saturated carbocycles. The maximum absolute atomic E-state index is 13.6. The average Bonchev–Trinajstić information content (AvgIpc) is 2.71. The molecule has 2 aliphatic rings. The maximum Gasteiger partial charge on any atom is 0.266 e. The van der Waals surface area contributed by atoms with Gasteiger partial charge in [0, 0.05) is 24.3 Å². The first kappa shape index (κ1) is 19.2. The molecule has 1 aliphatic carbocycles. The van der Waals surface area contributed by atoms with Crippen LogP contribution in [0.1, 0.15) is 25.7 Å². The number of thioether (sulfide) groups is 1. The van der Waals surface area contributed by atoms with E-state index in [-0.39, 0.29) is 23.1 Å². The zero-order chi connectivity index (χ0) is 19.8. The molecule has 5 nitrogen and oxygen atoms in total. The molecule has 2 fully saturated rings. The fraction of sp³-hybridized carbons (Fsp3) is 0.333. The van der Waals surface area contributed by atoms with Crippen molar-refractivity contribution in [1.29, 1.82) is 0 Å². The molecule has 1 saturated heterocycles. The highest BCUT2D eigenvalue weighted by Crippen LogP contribution is 2.51. The van der Waals surface area contributed by atoms with Gasteiger partial charge in [-0.2, -0.15) is 0 Å². The second kappa shape index (κ2) is 7.37. The molecule has 2 aromatic rings. The molecule has 0 radical (unpaired) electrons. The Morgan fingerprint density at radius 3 is 2.29 bits per heavy atom. The molecule has 0 aromatic heterocycles. The first-order valence-electron chi connectivity index (χ1n) is 9.31. The summed E-state index contributed by atoms with van der Waals surface area (Å²) in [6.07, 6.45) is 1.52. The second-order valence-electron chi connectivity index (χ2n) is 7.23. The third kappa shape index (κ3) is 3.26. The molecular formula is C21H21NO4S2. The number of sulfonamides is 1. The van der Waals surface area contributed by atoms with E-state index in [2.05, 4.69) is 0 Å². The Morgan fingerprint density at radius 2 is 1.61 bits per heavy atom. The van der Waals surface area contributed by atoms with Crippen molar-refractivity contribution in [1.82, 2.24) is 4.31 Å². The lowest BCUT2D eigenvalue weighted by Gasteiger charge is -2.48. The molecular weight excluding hydrogens is 394 g/mol. The van der Waals surface area contributed by atoms with Crippen LogP contribution >= 0.6 is 11.8 Å². The van der Waals surface area contributed by atoms with Gasteiger partial charge < -0.3 is 0 Å². The van der Waals surface area contributed by atoms with E-state index in [0.29, 0.717) is 25.7 Å². The Hall–Kier alpha value is -2.12. The summed E-state index contributed by atoms with van der Waals surface area (Å²) in [6, 6.07) is 17.6. The molecule has 146 valence electrons. The van der Waals surface area contributed by atoms with Gasteiger partial charge >= 0.3 is 0 Å². The van der Waals surface area contributed by atoms with Crippen LogP contribution in [0, 0.1) is 5.92 Å². The summed E-state index contributed by atoms with van der Waals surface area (Å²) in [5, 5.41) is 0. The van der Waals surface area contributed by atoms with Gasteiger partial charge in [-0.3, -0.25) is 9.59 Å². The number of carbonyl (C=O) groups excluding carboxylic acids is 2. The van der Waals surface area contributed by atoms with Crippen molar-refractivity contribution in [3.8, 4) is 0 Å². The lowest BCUT2D eigenvalue weighted by molar-refractivity contribution is -0.136. The van der Waals surface area contributed by atoms with Gasteiger partial charge in [-0.15, -0.1) is 11.8 Å². The lowest BCUT2D eigenvalue weighted by Crippen LogP contribution is -2.59. The highest BCUT2D eigenvalue weighted by atomic mass is 32.2. The predicted molar refractivity (Wildman–Crippen MR) is 107 cm³/mol. The molecule has 2 atom stereocenters. The molecule has 1 aliphatic heterocycles. The fourth-order valence-corrected chi connectivity index (χ4v) is 7.12. The summed E-state index contributed by atoms with van der Waals surface area (Å²) < 4.78 is 26.4. The zero-order valence-corrected chi connectivity index (χ0v) is 16.9. The quantitative estimate of drug-likeness (QED) is 0.764. The Balaban J connectivity index is 1.74. The Bertz CT molecular complexity index is 992. The van der Waals surface area contributed by atoms with E-state index in [1.165, 1.54) is 23.9 Å². The maximum atomic E-state index is 13.6. The van der Waals surface area contributed by atoms with Crippen LogP contribution < -0.4 is 0 Å². The summed E-state index contributed by atoms with van der Waals surface area (Å²) >= 11 is 1.41. The van der Waals surface area contributed by atoms with E-state index in [9.17, 15) is 18.0 Å². The number of ketones is 1. The third-order valence-electron chi connectivity index (χ3n) is 5.55. The molecule has 7 heteroatoms. The summed E-state index contributed by atoms with van der Waals surface area (Å²) in [5.41, 5.74) is 0. The number of piperidine rings is 1. The minimum Gasteiger partial charge on any atom is -0.300 e. The minimum absolute atomic E-state index is 0.116. The zero-order valence-electron chi connectivity index (χ0n) is 15.3. The first-order chi connectivity index (χ1) is 13.4. The molecule has 0 bridgehead atoms. The van der Waals surface area contributed by atoms with Crippen molar-refractivity contribution in [2.75, 3.05) is 6.54 Å². The van der Waals surface area contributed by atoms with E-state index in [4.69, 9.17) is 0 Å². The number of amides is 1. The monoisotopic (exact) mass is 415 g/mol. The van der Waals surface area contributed by atoms with Crippen LogP contribution in [0.5, 0.6) is 0 Å². The fourth-order valence-electron chi connectivity index (χ4n) is 4.10. The van der Waals surface area contributed by atoms with Gasteiger partial charge in [0.05, 0.1) is 4.90 Å². The number of hydrogen-bond donors (Lipinski definition) is 0. The van der Waals surface area contributed by atoms with Crippen LogP contribution in [0.3, 0.4) is 0 Å². The van der Waals surface area contributed by atoms with E-state index in [1.807, 2.05) is 30.3 Å². The summed E-state index contributed by atoms with van der Waals surface area (Å²) in [6.45, 7) is 0.116. The third-order valence-corrected chi connectivity index (χ3v) is 8.93. The number of hydrogen-bond acceptors (Lipinski definition) is 5. The van der Waals surface area contributed by atoms with Crippen molar-refractivity contribution < 1.29 is 18.0 Å². The van der Waals surface area contributed by atoms with Crippen molar-refractivity contribution in [2.45, 2.75) is 40.2 Å². The average molecular weight is 416 g/mol. The minimum atomic E-state index is -3.92. The van der Waals surface area contributed by atoms with E-state index in [1.54, 1.807) is 18.2 Å². The summed E-state index contributed by atoms with van der Waals surface area (Å²) in [4.78, 5) is 26.7. The van der Waals surface area contributed by atoms with E-state index >= 15 is 0 Å². The van der Waals surface area contributed by atoms with Crippen LogP contribution in [0.2, 0.25) is 0 Å². The van der Waals surface area contributed by atoms with Gasteiger partial charge in [-0.25, -0.2) is 12.7 Å². The van der Waals surface area contributed by atoms with Gasteiger partial charge in [0.15, 0.2) is 0 Å². The largest absolute Gasteiger partial charge is 0.300 e. The van der Waals surface area contributed by atoms with Gasteiger partial charge in [0.2, 0.25) is 0 Å². The molecule has 0 unspecified atom stereocenters. The Morgan fingerprint density at radius 1 is 0.964 bits per heavy atom. The van der Waals surface area contributed by atoms with Crippen molar-refractivity contribution >= 4 is 33.5 Å². The van der Waals surface area contributed by atoms with Crippen LogP contribution in [-0.4, -0.2) is 35.7 Å². The molecule has 0 N–H and O–H groups in total. The molecule has 2 aromatic carbocycles. The van der Waals surface area contributed by atoms with Gasteiger partial charge in [-0.05, 0) is 43.0 Å². The molecule has 1 amide bonds. The number of carbonyl (C=O) groups is 2. The first-order valence-corrected chi connectivity index (χ1v) is 11.6. The molecule has 28 heavy (non-hydrogen) atoms. The van der Waals surface area contributed by atoms with Crippen LogP contribution in [0.25, 0.3) is 0 Å². The number of Topliss-reactive ketones (excluding diaryl/α,β-unsaturated/α-hetero) is 1. The van der Waals surface area contributed by atoms with Crippen molar-refractivity contribution in [3.05, 3.63) is 60.7 Å². The van der Waals surface area contributed by atoms with Gasteiger partial charge in [-0.1, -0.05) is 36.4 Å². The van der Waals surface area contributed by atoms with Crippen LogP contribution in [0.4, 0.5) is 0 Å². The highest BCUT2D eigenvalue weighted by Gasteiger charge is 2.56. The number of fused-ring (bicyclic) bond motifs is 1. The molecule has 0 spiro atoms. The summed E-state index contributed by atoms with van der Waals surface area (Å²) in [5.74, 6) is -0.385. The number of benzene rings is 2. The molecule has 1 heterocycles.